The number of hydrazine groups is 2. The van der Waals surface area contributed by atoms with Crippen molar-refractivity contribution >= 4 is 40.5 Å². The second kappa shape index (κ2) is 9.33. The Morgan fingerprint density at radius 3 is 2.31 bits per heavy atom. The van der Waals surface area contributed by atoms with Gasteiger partial charge in [0.25, 0.3) is 0 Å². The van der Waals surface area contributed by atoms with Gasteiger partial charge in [0.2, 0.25) is 11.8 Å². The monoisotopic (exact) mass is 375 g/mol. The molecule has 2 rings (SSSR count). The van der Waals surface area contributed by atoms with Gasteiger partial charge in [-0.25, -0.2) is 4.39 Å². The predicted molar refractivity (Wildman–Crippen MR) is 101 cm³/mol. The first kappa shape index (κ1) is 19.1. The van der Waals surface area contributed by atoms with Crippen LogP contribution in [0.1, 0.15) is 12.0 Å². The van der Waals surface area contributed by atoms with Crippen molar-refractivity contribution in [2.75, 3.05) is 10.7 Å². The zero-order chi connectivity index (χ0) is 18.9. The first-order valence-corrected chi connectivity index (χ1v) is 8.07. The summed E-state index contributed by atoms with van der Waals surface area (Å²) in [5.41, 5.74) is 12.1. The van der Waals surface area contributed by atoms with E-state index in [1.807, 2.05) is 31.2 Å². The smallest absolute Gasteiger partial charge is 0.247 e. The highest BCUT2D eigenvalue weighted by molar-refractivity contribution is 7.80. The van der Waals surface area contributed by atoms with Gasteiger partial charge >= 0.3 is 0 Å². The number of nitrogens with one attached hydrogen (secondary N) is 5. The second-order valence-electron chi connectivity index (χ2n) is 5.30. The first-order valence-electron chi connectivity index (χ1n) is 7.66. The van der Waals surface area contributed by atoms with Gasteiger partial charge in [0.1, 0.15) is 12.2 Å². The molecule has 26 heavy (non-hydrogen) atoms. The number of halogens is 1. The summed E-state index contributed by atoms with van der Waals surface area (Å²) in [7, 11) is 0. The maximum atomic E-state index is 12.8. The molecule has 0 fully saturated rings. The molecular formula is C17H18FN5O2S. The molecule has 0 aliphatic rings. The number of anilines is 2. The number of aryl methyl sites for hydroxylation is 1. The Hall–Kier alpha value is -3.20. The summed E-state index contributed by atoms with van der Waals surface area (Å²) in [5, 5.41) is 3.12. The van der Waals surface area contributed by atoms with Crippen LogP contribution in [-0.4, -0.2) is 16.9 Å². The van der Waals surface area contributed by atoms with Crippen molar-refractivity contribution in [2.24, 2.45) is 0 Å². The molecule has 0 radical (unpaired) electrons. The SMILES string of the molecule is Cc1ccccc1NC(=S)NNC(=O)CC(=O)NNc1ccc(F)cc1. The fourth-order valence-corrected chi connectivity index (χ4v) is 2.06. The van der Waals surface area contributed by atoms with Gasteiger partial charge in [-0.1, -0.05) is 18.2 Å². The van der Waals surface area contributed by atoms with E-state index in [1.165, 1.54) is 24.3 Å². The van der Waals surface area contributed by atoms with Crippen LogP contribution in [0.15, 0.2) is 48.5 Å². The number of benzene rings is 2. The number of para-hydroxylation sites is 1. The summed E-state index contributed by atoms with van der Waals surface area (Å²) in [5.74, 6) is -1.52. The van der Waals surface area contributed by atoms with Crippen LogP contribution in [0.2, 0.25) is 0 Å². The van der Waals surface area contributed by atoms with Crippen LogP contribution in [0.3, 0.4) is 0 Å². The van der Waals surface area contributed by atoms with E-state index in [4.69, 9.17) is 12.2 Å². The highest BCUT2D eigenvalue weighted by Gasteiger charge is 2.09. The minimum absolute atomic E-state index is 0.192. The molecule has 2 aromatic carbocycles. The average molecular weight is 375 g/mol. The van der Waals surface area contributed by atoms with Gasteiger partial charge in [-0.3, -0.25) is 31.3 Å². The van der Waals surface area contributed by atoms with Crippen LogP contribution in [0.4, 0.5) is 15.8 Å². The standard InChI is InChI=1S/C17H18FN5O2S/c1-11-4-2-3-5-14(11)19-17(26)23-22-16(25)10-15(24)21-20-13-8-6-12(18)7-9-13/h2-9,20H,10H2,1H3,(H,21,24)(H,22,25)(H2,19,23,26). The van der Waals surface area contributed by atoms with Crippen LogP contribution in [0, 0.1) is 12.7 Å². The summed E-state index contributed by atoms with van der Waals surface area (Å²) in [6.45, 7) is 1.92. The quantitative estimate of drug-likeness (QED) is 0.312. The molecule has 136 valence electrons. The average Bonchev–Trinajstić information content (AvgIpc) is 2.61. The molecule has 0 saturated carbocycles. The lowest BCUT2D eigenvalue weighted by Crippen LogP contribution is -2.45. The third-order valence-electron chi connectivity index (χ3n) is 3.22. The van der Waals surface area contributed by atoms with Gasteiger partial charge in [0.15, 0.2) is 5.11 Å². The lowest BCUT2D eigenvalue weighted by atomic mass is 10.2. The Morgan fingerprint density at radius 1 is 0.962 bits per heavy atom. The molecule has 0 aliphatic carbocycles. The number of carbonyl (C=O) groups excluding carboxylic acids is 2. The maximum Gasteiger partial charge on any atom is 0.247 e. The molecule has 0 aromatic heterocycles. The number of amides is 2. The molecule has 0 heterocycles. The molecule has 7 nitrogen and oxygen atoms in total. The van der Waals surface area contributed by atoms with Crippen LogP contribution in [-0.2, 0) is 9.59 Å². The maximum absolute atomic E-state index is 12.8. The number of hydrogen-bond donors (Lipinski definition) is 5. The molecule has 2 amide bonds. The van der Waals surface area contributed by atoms with E-state index in [9.17, 15) is 14.0 Å². The zero-order valence-electron chi connectivity index (χ0n) is 13.9. The highest BCUT2D eigenvalue weighted by atomic mass is 32.1. The third kappa shape index (κ3) is 6.36. The number of carbonyl (C=O) groups is 2. The fourth-order valence-electron chi connectivity index (χ4n) is 1.90. The zero-order valence-corrected chi connectivity index (χ0v) is 14.7. The van der Waals surface area contributed by atoms with E-state index in [0.717, 1.165) is 11.3 Å². The largest absolute Gasteiger partial charge is 0.331 e. The number of rotatable bonds is 5. The lowest BCUT2D eigenvalue weighted by Gasteiger charge is -2.13. The molecule has 0 bridgehead atoms. The molecule has 2 aromatic rings. The van der Waals surface area contributed by atoms with Gasteiger partial charge < -0.3 is 5.32 Å². The second-order valence-corrected chi connectivity index (χ2v) is 5.71. The summed E-state index contributed by atoms with van der Waals surface area (Å²) in [6.07, 6.45) is -0.422. The summed E-state index contributed by atoms with van der Waals surface area (Å²) < 4.78 is 12.8. The van der Waals surface area contributed by atoms with Crippen molar-refractivity contribution in [3.8, 4) is 0 Å². The molecule has 0 spiro atoms. The molecule has 0 atom stereocenters. The molecule has 0 saturated heterocycles. The van der Waals surface area contributed by atoms with Crippen LogP contribution >= 0.6 is 12.2 Å². The van der Waals surface area contributed by atoms with Crippen molar-refractivity contribution in [2.45, 2.75) is 13.3 Å². The fraction of sp³-hybridized carbons (Fsp3) is 0.118. The van der Waals surface area contributed by atoms with E-state index in [2.05, 4.69) is 27.0 Å². The predicted octanol–water partition coefficient (Wildman–Crippen LogP) is 1.99. The van der Waals surface area contributed by atoms with E-state index >= 15 is 0 Å². The van der Waals surface area contributed by atoms with Crippen LogP contribution in [0.25, 0.3) is 0 Å². The summed E-state index contributed by atoms with van der Waals surface area (Å²) in [4.78, 5) is 23.4. The van der Waals surface area contributed by atoms with Crippen molar-refractivity contribution in [3.63, 3.8) is 0 Å². The Labute approximate surface area is 155 Å². The van der Waals surface area contributed by atoms with E-state index in [0.29, 0.717) is 5.69 Å². The summed E-state index contributed by atoms with van der Waals surface area (Å²) in [6, 6.07) is 12.9. The van der Waals surface area contributed by atoms with Gasteiger partial charge in [0, 0.05) is 5.69 Å². The summed E-state index contributed by atoms with van der Waals surface area (Å²) >= 11 is 5.07. The Bertz CT molecular complexity index is 798. The van der Waals surface area contributed by atoms with E-state index in [1.54, 1.807) is 0 Å². The third-order valence-corrected chi connectivity index (χ3v) is 3.42. The Morgan fingerprint density at radius 2 is 1.62 bits per heavy atom. The lowest BCUT2D eigenvalue weighted by molar-refractivity contribution is -0.129. The highest BCUT2D eigenvalue weighted by Crippen LogP contribution is 2.12. The van der Waals surface area contributed by atoms with E-state index < -0.39 is 18.2 Å². The topological polar surface area (TPSA) is 94.3 Å². The number of thiocarbonyl (C=S) groups is 1. The Kier molecular flexibility index (Phi) is 6.86. The van der Waals surface area contributed by atoms with Gasteiger partial charge in [0.05, 0.1) is 5.69 Å². The number of hydrogen-bond acceptors (Lipinski definition) is 4. The van der Waals surface area contributed by atoms with E-state index in [-0.39, 0.29) is 10.9 Å². The molecular weight excluding hydrogens is 357 g/mol. The van der Waals surface area contributed by atoms with Crippen molar-refractivity contribution in [3.05, 3.63) is 59.9 Å². The molecule has 5 N–H and O–H groups in total. The minimum Gasteiger partial charge on any atom is -0.331 e. The van der Waals surface area contributed by atoms with Crippen LogP contribution in [0.5, 0.6) is 0 Å². The first-order chi connectivity index (χ1) is 12.4. The van der Waals surface area contributed by atoms with Gasteiger partial charge in [-0.15, -0.1) is 0 Å². The van der Waals surface area contributed by atoms with Gasteiger partial charge in [-0.05, 0) is 55.0 Å². The minimum atomic E-state index is -0.572. The molecule has 0 aliphatic heterocycles. The van der Waals surface area contributed by atoms with Crippen molar-refractivity contribution in [1.82, 2.24) is 16.3 Å². The van der Waals surface area contributed by atoms with Crippen LogP contribution < -0.4 is 27.0 Å². The Balaban J connectivity index is 1.69. The molecule has 9 heteroatoms. The molecule has 0 unspecified atom stereocenters. The van der Waals surface area contributed by atoms with Crippen molar-refractivity contribution in [1.29, 1.82) is 0 Å². The van der Waals surface area contributed by atoms with Crippen molar-refractivity contribution < 1.29 is 14.0 Å². The normalized spacial score (nSPS) is 9.77. The van der Waals surface area contributed by atoms with Gasteiger partial charge in [-0.2, -0.15) is 0 Å².